The lowest BCUT2D eigenvalue weighted by Crippen LogP contribution is -2.14. The number of hydrogen-bond acceptors (Lipinski definition) is 2. The minimum atomic E-state index is -0.340. The van der Waals surface area contributed by atoms with Crippen LogP contribution in [-0.2, 0) is 6.42 Å². The maximum Gasteiger partial charge on any atom is 0.124 e. The maximum absolute atomic E-state index is 13.0. The van der Waals surface area contributed by atoms with Crippen molar-refractivity contribution in [1.29, 1.82) is 0 Å². The van der Waals surface area contributed by atoms with Crippen LogP contribution in [0.2, 0.25) is 5.02 Å². The molecule has 0 amide bonds. The second kappa shape index (κ2) is 6.25. The van der Waals surface area contributed by atoms with E-state index >= 15 is 0 Å². The van der Waals surface area contributed by atoms with Crippen LogP contribution < -0.4 is 10.5 Å². The Kier molecular flexibility index (Phi) is 4.63. The van der Waals surface area contributed by atoms with Crippen LogP contribution in [0, 0.1) is 12.7 Å². The molecule has 1 unspecified atom stereocenters. The molecule has 106 valence electrons. The molecule has 0 radical (unpaired) electrons. The summed E-state index contributed by atoms with van der Waals surface area (Å²) < 4.78 is 18.2. The summed E-state index contributed by atoms with van der Waals surface area (Å²) in [6.45, 7) is 1.97. The predicted molar refractivity (Wildman–Crippen MR) is 79.8 cm³/mol. The fourth-order valence-electron chi connectivity index (χ4n) is 2.17. The fraction of sp³-hybridized carbons (Fsp3) is 0.250. The second-order valence-corrected chi connectivity index (χ2v) is 5.18. The van der Waals surface area contributed by atoms with Gasteiger partial charge in [-0.2, -0.15) is 0 Å². The summed E-state index contributed by atoms with van der Waals surface area (Å²) in [4.78, 5) is 0. The summed E-state index contributed by atoms with van der Waals surface area (Å²) in [6, 6.07) is 10.0. The first kappa shape index (κ1) is 14.8. The molecule has 2 rings (SSSR count). The Hall–Kier alpha value is -1.58. The summed E-state index contributed by atoms with van der Waals surface area (Å²) in [5.41, 5.74) is 9.08. The van der Waals surface area contributed by atoms with E-state index in [1.54, 1.807) is 13.2 Å². The van der Waals surface area contributed by atoms with E-state index in [-0.39, 0.29) is 11.9 Å². The summed E-state index contributed by atoms with van der Waals surface area (Å²) in [7, 11) is 1.64. The summed E-state index contributed by atoms with van der Waals surface area (Å²) in [5.74, 6) is 0.494. The van der Waals surface area contributed by atoms with Gasteiger partial charge in [0.05, 0.1) is 7.11 Å². The second-order valence-electron chi connectivity index (χ2n) is 4.78. The third-order valence-electron chi connectivity index (χ3n) is 3.30. The highest BCUT2D eigenvalue weighted by atomic mass is 35.5. The van der Waals surface area contributed by atoms with Gasteiger partial charge in [-0.1, -0.05) is 29.8 Å². The third kappa shape index (κ3) is 3.30. The van der Waals surface area contributed by atoms with Crippen LogP contribution >= 0.6 is 11.6 Å². The molecule has 0 aromatic heterocycles. The van der Waals surface area contributed by atoms with Crippen molar-refractivity contribution in [3.05, 3.63) is 63.9 Å². The Balaban J connectivity index is 2.19. The van der Waals surface area contributed by atoms with Crippen LogP contribution in [0.5, 0.6) is 5.75 Å². The molecule has 0 saturated carbocycles. The quantitative estimate of drug-likeness (QED) is 0.923. The zero-order valence-electron chi connectivity index (χ0n) is 11.5. The lowest BCUT2D eigenvalue weighted by Gasteiger charge is -2.15. The van der Waals surface area contributed by atoms with Crippen molar-refractivity contribution in [3.63, 3.8) is 0 Å². The number of rotatable bonds is 4. The minimum Gasteiger partial charge on any atom is -0.496 e. The van der Waals surface area contributed by atoms with Gasteiger partial charge in [0, 0.05) is 11.1 Å². The van der Waals surface area contributed by atoms with E-state index in [0.29, 0.717) is 11.4 Å². The minimum absolute atomic E-state index is 0.192. The first-order valence-corrected chi connectivity index (χ1v) is 6.73. The molecule has 0 spiro atoms. The zero-order valence-corrected chi connectivity index (χ0v) is 12.2. The van der Waals surface area contributed by atoms with Crippen molar-refractivity contribution in [2.45, 2.75) is 19.4 Å². The molecule has 0 heterocycles. The van der Waals surface area contributed by atoms with Gasteiger partial charge in [-0.05, 0) is 48.2 Å². The molecular formula is C16H17ClFNO. The van der Waals surface area contributed by atoms with Crippen molar-refractivity contribution >= 4 is 11.6 Å². The fourth-order valence-corrected chi connectivity index (χ4v) is 2.42. The van der Waals surface area contributed by atoms with Crippen LogP contribution in [-0.4, -0.2) is 7.11 Å². The molecule has 4 heteroatoms. The number of benzene rings is 2. The van der Waals surface area contributed by atoms with Crippen molar-refractivity contribution < 1.29 is 9.13 Å². The normalized spacial score (nSPS) is 12.2. The molecule has 20 heavy (non-hydrogen) atoms. The van der Waals surface area contributed by atoms with Gasteiger partial charge in [0.25, 0.3) is 0 Å². The van der Waals surface area contributed by atoms with Gasteiger partial charge in [0.2, 0.25) is 0 Å². The first-order valence-electron chi connectivity index (χ1n) is 6.35. The average Bonchev–Trinajstić information content (AvgIpc) is 2.41. The van der Waals surface area contributed by atoms with Crippen LogP contribution in [0.1, 0.15) is 22.7 Å². The van der Waals surface area contributed by atoms with E-state index in [2.05, 4.69) is 0 Å². The van der Waals surface area contributed by atoms with Crippen LogP contribution in [0.4, 0.5) is 4.39 Å². The van der Waals surface area contributed by atoms with Gasteiger partial charge in [-0.3, -0.25) is 0 Å². The number of hydrogen-bond donors (Lipinski definition) is 1. The van der Waals surface area contributed by atoms with Crippen LogP contribution in [0.15, 0.2) is 36.4 Å². The lowest BCUT2D eigenvalue weighted by atomic mass is 9.98. The molecule has 0 aliphatic carbocycles. The van der Waals surface area contributed by atoms with E-state index in [0.717, 1.165) is 22.4 Å². The molecule has 2 aromatic carbocycles. The monoisotopic (exact) mass is 293 g/mol. The third-order valence-corrected chi connectivity index (χ3v) is 3.65. The number of nitrogens with two attached hydrogens (primary N) is 1. The van der Waals surface area contributed by atoms with Gasteiger partial charge in [0.1, 0.15) is 11.6 Å². The van der Waals surface area contributed by atoms with E-state index in [1.165, 1.54) is 12.1 Å². The van der Waals surface area contributed by atoms with Crippen molar-refractivity contribution in [2.24, 2.45) is 5.73 Å². The maximum atomic E-state index is 13.0. The Labute approximate surface area is 123 Å². The van der Waals surface area contributed by atoms with Gasteiger partial charge < -0.3 is 10.5 Å². The van der Waals surface area contributed by atoms with Gasteiger partial charge in [-0.15, -0.1) is 0 Å². The molecule has 0 aliphatic rings. The first-order chi connectivity index (χ1) is 9.51. The molecular weight excluding hydrogens is 277 g/mol. The number of aryl methyl sites for hydroxylation is 1. The average molecular weight is 294 g/mol. The molecule has 2 N–H and O–H groups in total. The van der Waals surface area contributed by atoms with Crippen LogP contribution in [0.25, 0.3) is 0 Å². The van der Waals surface area contributed by atoms with Gasteiger partial charge in [-0.25, -0.2) is 4.39 Å². The summed E-state index contributed by atoms with van der Waals surface area (Å²) in [6.07, 6.45) is 0.560. The highest BCUT2D eigenvalue weighted by molar-refractivity contribution is 6.31. The smallest absolute Gasteiger partial charge is 0.124 e. The number of methoxy groups -OCH3 is 1. The molecule has 0 fully saturated rings. The Bertz CT molecular complexity index is 615. The van der Waals surface area contributed by atoms with E-state index < -0.39 is 0 Å². The highest BCUT2D eigenvalue weighted by Gasteiger charge is 2.11. The summed E-state index contributed by atoms with van der Waals surface area (Å²) in [5, 5.41) is 0.408. The Morgan fingerprint density at radius 3 is 2.60 bits per heavy atom. The van der Waals surface area contributed by atoms with Gasteiger partial charge >= 0.3 is 0 Å². The molecule has 2 aromatic rings. The van der Waals surface area contributed by atoms with E-state index in [1.807, 2.05) is 25.1 Å². The molecule has 2 nitrogen and oxygen atoms in total. The van der Waals surface area contributed by atoms with Crippen molar-refractivity contribution in [1.82, 2.24) is 0 Å². The predicted octanol–water partition coefficient (Wildman–Crippen LogP) is 4.04. The highest BCUT2D eigenvalue weighted by Crippen LogP contribution is 2.26. The number of halogens is 2. The lowest BCUT2D eigenvalue weighted by molar-refractivity contribution is 0.411. The van der Waals surface area contributed by atoms with E-state index in [4.69, 9.17) is 22.1 Å². The standard InChI is InChI=1S/C16H17ClFNO/c1-10-7-12(4-6-16(10)20-2)15(19)8-11-3-5-13(18)9-14(11)17/h3-7,9,15H,8,19H2,1-2H3. The molecule has 0 saturated heterocycles. The molecule has 0 aliphatic heterocycles. The summed E-state index contributed by atoms with van der Waals surface area (Å²) >= 11 is 6.02. The van der Waals surface area contributed by atoms with Crippen LogP contribution in [0.3, 0.4) is 0 Å². The Morgan fingerprint density at radius 2 is 2.00 bits per heavy atom. The Morgan fingerprint density at radius 1 is 1.25 bits per heavy atom. The van der Waals surface area contributed by atoms with Crippen molar-refractivity contribution in [3.8, 4) is 5.75 Å². The SMILES string of the molecule is COc1ccc(C(N)Cc2ccc(F)cc2Cl)cc1C. The van der Waals surface area contributed by atoms with Crippen molar-refractivity contribution in [2.75, 3.05) is 7.11 Å². The molecule has 0 bridgehead atoms. The number of ether oxygens (including phenoxy) is 1. The zero-order chi connectivity index (χ0) is 14.7. The largest absolute Gasteiger partial charge is 0.496 e. The van der Waals surface area contributed by atoms with Gasteiger partial charge in [0.15, 0.2) is 0 Å². The van der Waals surface area contributed by atoms with E-state index in [9.17, 15) is 4.39 Å². The molecule has 1 atom stereocenters. The topological polar surface area (TPSA) is 35.2 Å².